The molecule has 1 saturated heterocycles. The van der Waals surface area contributed by atoms with Crippen molar-refractivity contribution >= 4 is 0 Å². The number of hydrogen-bond donors (Lipinski definition) is 1. The molecule has 1 aliphatic rings. The lowest BCUT2D eigenvalue weighted by Gasteiger charge is -1.97. The summed E-state index contributed by atoms with van der Waals surface area (Å²) in [6.07, 6.45) is 2.51. The second kappa shape index (κ2) is 2.38. The number of nitrogens with one attached hydrogen (secondary N) is 1. The van der Waals surface area contributed by atoms with Gasteiger partial charge in [-0.25, -0.2) is 0 Å². The lowest BCUT2D eigenvalue weighted by atomic mass is 10.1. The summed E-state index contributed by atoms with van der Waals surface area (Å²) in [6.45, 7) is 2.05. The molecule has 1 aromatic rings. The van der Waals surface area contributed by atoms with Gasteiger partial charge >= 0.3 is 0 Å². The van der Waals surface area contributed by atoms with Gasteiger partial charge in [0.05, 0.1) is 0 Å². The van der Waals surface area contributed by atoms with Gasteiger partial charge in [0, 0.05) is 12.5 Å². The topological polar surface area (TPSA) is 51.0 Å². The average Bonchev–Trinajstić information content (AvgIpc) is 2.59. The van der Waals surface area contributed by atoms with Gasteiger partial charge in [0.2, 0.25) is 6.39 Å². The van der Waals surface area contributed by atoms with E-state index in [0.717, 1.165) is 25.3 Å². The fraction of sp³-hybridized carbons (Fsp3) is 0.667. The fourth-order valence-electron chi connectivity index (χ4n) is 1.23. The van der Waals surface area contributed by atoms with Crippen LogP contribution in [0.4, 0.5) is 0 Å². The maximum Gasteiger partial charge on any atom is 0.213 e. The largest absolute Gasteiger partial charge is 0.343 e. The molecule has 2 rings (SSSR count). The predicted octanol–water partition coefficient (Wildman–Crippen LogP) is 0.146. The van der Waals surface area contributed by atoms with Crippen LogP contribution in [0.25, 0.3) is 0 Å². The van der Waals surface area contributed by atoms with Crippen molar-refractivity contribution in [3.8, 4) is 0 Å². The van der Waals surface area contributed by atoms with E-state index < -0.39 is 0 Å². The van der Waals surface area contributed by atoms with Crippen molar-refractivity contribution in [3.05, 3.63) is 12.2 Å². The second-order valence-corrected chi connectivity index (χ2v) is 2.48. The maximum absolute atomic E-state index is 4.64. The SMILES string of the molecule is c1nc([C@@H]2CCNC2)no1. The molecule has 0 aromatic carbocycles. The smallest absolute Gasteiger partial charge is 0.213 e. The van der Waals surface area contributed by atoms with Crippen LogP contribution in [-0.2, 0) is 0 Å². The third-order valence-corrected chi connectivity index (χ3v) is 1.80. The third kappa shape index (κ3) is 0.903. The first-order chi connectivity index (χ1) is 4.97. The molecule has 1 fully saturated rings. The van der Waals surface area contributed by atoms with Gasteiger partial charge in [-0.15, -0.1) is 0 Å². The Hall–Kier alpha value is -0.900. The van der Waals surface area contributed by atoms with E-state index >= 15 is 0 Å². The first-order valence-corrected chi connectivity index (χ1v) is 3.44. The molecule has 0 saturated carbocycles. The van der Waals surface area contributed by atoms with Crippen LogP contribution < -0.4 is 5.32 Å². The second-order valence-electron chi connectivity index (χ2n) is 2.48. The van der Waals surface area contributed by atoms with E-state index in [0.29, 0.717) is 5.92 Å². The zero-order valence-corrected chi connectivity index (χ0v) is 5.58. The Morgan fingerprint density at radius 2 is 2.70 bits per heavy atom. The Bertz CT molecular complexity index is 191. The first kappa shape index (κ1) is 5.85. The van der Waals surface area contributed by atoms with Crippen molar-refractivity contribution in [1.29, 1.82) is 0 Å². The highest BCUT2D eigenvalue weighted by Crippen LogP contribution is 2.17. The summed E-state index contributed by atoms with van der Waals surface area (Å²) in [5.74, 6) is 1.31. The van der Waals surface area contributed by atoms with Gasteiger partial charge in [0.1, 0.15) is 0 Å². The highest BCUT2D eigenvalue weighted by atomic mass is 16.5. The molecular weight excluding hydrogens is 130 g/mol. The Morgan fingerprint density at radius 1 is 1.70 bits per heavy atom. The Balaban J connectivity index is 2.12. The van der Waals surface area contributed by atoms with E-state index in [9.17, 15) is 0 Å². The molecular formula is C6H9N3O. The van der Waals surface area contributed by atoms with Gasteiger partial charge in [-0.2, -0.15) is 4.98 Å². The van der Waals surface area contributed by atoms with E-state index in [1.54, 1.807) is 0 Å². The molecule has 4 nitrogen and oxygen atoms in total. The number of nitrogens with zero attached hydrogens (tertiary/aromatic N) is 2. The molecule has 1 atom stereocenters. The molecule has 54 valence electrons. The molecule has 1 N–H and O–H groups in total. The highest BCUT2D eigenvalue weighted by Gasteiger charge is 2.19. The molecule has 0 amide bonds. The first-order valence-electron chi connectivity index (χ1n) is 3.44. The van der Waals surface area contributed by atoms with Crippen LogP contribution in [-0.4, -0.2) is 23.2 Å². The van der Waals surface area contributed by atoms with Crippen molar-refractivity contribution in [1.82, 2.24) is 15.5 Å². The molecule has 0 unspecified atom stereocenters. The minimum absolute atomic E-state index is 0.471. The van der Waals surface area contributed by atoms with E-state index in [2.05, 4.69) is 20.0 Å². The molecule has 4 heteroatoms. The van der Waals surface area contributed by atoms with Crippen LogP contribution in [0, 0.1) is 0 Å². The van der Waals surface area contributed by atoms with E-state index in [-0.39, 0.29) is 0 Å². The summed E-state index contributed by atoms with van der Waals surface area (Å²) in [5.41, 5.74) is 0. The maximum atomic E-state index is 4.64. The predicted molar refractivity (Wildman–Crippen MR) is 34.5 cm³/mol. The molecule has 2 heterocycles. The summed E-state index contributed by atoms with van der Waals surface area (Å²) in [4.78, 5) is 3.98. The fourth-order valence-corrected chi connectivity index (χ4v) is 1.23. The van der Waals surface area contributed by atoms with E-state index in [1.165, 1.54) is 6.39 Å². The lowest BCUT2D eigenvalue weighted by molar-refractivity contribution is 0.405. The Kier molecular flexibility index (Phi) is 1.39. The zero-order chi connectivity index (χ0) is 6.81. The van der Waals surface area contributed by atoms with Crippen molar-refractivity contribution in [2.24, 2.45) is 0 Å². The minimum Gasteiger partial charge on any atom is -0.343 e. The van der Waals surface area contributed by atoms with Gasteiger partial charge in [-0.1, -0.05) is 5.16 Å². The highest BCUT2D eigenvalue weighted by molar-refractivity contribution is 4.96. The van der Waals surface area contributed by atoms with Crippen LogP contribution in [0.2, 0.25) is 0 Å². The van der Waals surface area contributed by atoms with Crippen molar-refractivity contribution < 1.29 is 4.52 Å². The normalized spacial score (nSPS) is 25.4. The lowest BCUT2D eigenvalue weighted by Crippen LogP contribution is -2.08. The minimum atomic E-state index is 0.471. The van der Waals surface area contributed by atoms with Crippen LogP contribution in [0.3, 0.4) is 0 Å². The summed E-state index contributed by atoms with van der Waals surface area (Å²) in [6, 6.07) is 0. The monoisotopic (exact) mass is 139 g/mol. The Labute approximate surface area is 58.6 Å². The molecule has 1 aliphatic heterocycles. The molecule has 10 heavy (non-hydrogen) atoms. The summed E-state index contributed by atoms with van der Waals surface area (Å²) in [5, 5.41) is 7.01. The number of aromatic nitrogens is 2. The zero-order valence-electron chi connectivity index (χ0n) is 5.58. The van der Waals surface area contributed by atoms with Crippen LogP contribution in [0.5, 0.6) is 0 Å². The quantitative estimate of drug-likeness (QED) is 0.601. The van der Waals surface area contributed by atoms with Crippen molar-refractivity contribution in [2.75, 3.05) is 13.1 Å². The van der Waals surface area contributed by atoms with Crippen LogP contribution in [0.15, 0.2) is 10.9 Å². The van der Waals surface area contributed by atoms with Gasteiger partial charge in [0.25, 0.3) is 0 Å². The van der Waals surface area contributed by atoms with Gasteiger partial charge in [-0.05, 0) is 13.0 Å². The number of rotatable bonds is 1. The molecule has 0 radical (unpaired) electrons. The molecule has 0 aliphatic carbocycles. The summed E-state index contributed by atoms with van der Waals surface area (Å²) < 4.78 is 4.64. The van der Waals surface area contributed by atoms with Crippen molar-refractivity contribution in [2.45, 2.75) is 12.3 Å². The Morgan fingerprint density at radius 3 is 3.30 bits per heavy atom. The molecule has 0 bridgehead atoms. The standard InChI is InChI=1S/C6H9N3O/c1-2-7-3-5(1)6-8-4-10-9-6/h4-5,7H,1-3H2/t5-/m1/s1. The van der Waals surface area contributed by atoms with Gasteiger partial charge < -0.3 is 9.84 Å². The molecule has 1 aromatic heterocycles. The van der Waals surface area contributed by atoms with Crippen LogP contribution in [0.1, 0.15) is 18.2 Å². The van der Waals surface area contributed by atoms with Gasteiger partial charge in [-0.3, -0.25) is 0 Å². The van der Waals surface area contributed by atoms with Crippen molar-refractivity contribution in [3.63, 3.8) is 0 Å². The van der Waals surface area contributed by atoms with Gasteiger partial charge in [0.15, 0.2) is 5.82 Å². The molecule has 0 spiro atoms. The average molecular weight is 139 g/mol. The number of hydrogen-bond acceptors (Lipinski definition) is 4. The van der Waals surface area contributed by atoms with Crippen LogP contribution >= 0.6 is 0 Å². The van der Waals surface area contributed by atoms with E-state index in [4.69, 9.17) is 0 Å². The summed E-state index contributed by atoms with van der Waals surface area (Å²) >= 11 is 0. The summed E-state index contributed by atoms with van der Waals surface area (Å²) in [7, 11) is 0. The van der Waals surface area contributed by atoms with E-state index in [1.807, 2.05) is 0 Å². The third-order valence-electron chi connectivity index (χ3n) is 1.80.